The molecule has 0 radical (unpaired) electrons. The zero-order valence-corrected chi connectivity index (χ0v) is 15.4. The van der Waals surface area contributed by atoms with Crippen LogP contribution in [0, 0.1) is 23.7 Å². The number of hydrogen-bond acceptors (Lipinski definition) is 3. The molecule has 0 bridgehead atoms. The van der Waals surface area contributed by atoms with E-state index in [4.69, 9.17) is 0 Å². The van der Waals surface area contributed by atoms with Gasteiger partial charge in [-0.25, -0.2) is 4.98 Å². The monoisotopic (exact) mass is 358 g/mol. The number of hydrogen-bond donors (Lipinski definition) is 1. The van der Waals surface area contributed by atoms with Gasteiger partial charge in [-0.15, -0.1) is 0 Å². The van der Waals surface area contributed by atoms with E-state index in [1.54, 1.807) is 0 Å². The topological polar surface area (TPSA) is 70.2 Å². The Labute approximate surface area is 158 Å². The number of pyridine rings is 1. The average Bonchev–Trinajstić information content (AvgIpc) is 3.12. The maximum atomic E-state index is 12.7. The molecule has 1 aromatic carbocycles. The van der Waals surface area contributed by atoms with Gasteiger partial charge in [-0.05, 0) is 49.6 Å². The SMILES string of the molecule is Cc1ccn2cc(-c3ccc(NC(=O)C4(C#N)CCCCC4)cc3)nc2c1. The van der Waals surface area contributed by atoms with Gasteiger partial charge in [0.1, 0.15) is 11.1 Å². The highest BCUT2D eigenvalue weighted by atomic mass is 16.2. The van der Waals surface area contributed by atoms with Gasteiger partial charge in [0.2, 0.25) is 5.91 Å². The fourth-order valence-electron chi connectivity index (χ4n) is 3.74. The van der Waals surface area contributed by atoms with Crippen molar-refractivity contribution in [2.45, 2.75) is 39.0 Å². The van der Waals surface area contributed by atoms with E-state index in [9.17, 15) is 10.1 Å². The van der Waals surface area contributed by atoms with Crippen LogP contribution in [-0.4, -0.2) is 15.3 Å². The van der Waals surface area contributed by atoms with Crippen LogP contribution in [0.25, 0.3) is 16.9 Å². The molecule has 1 fully saturated rings. The van der Waals surface area contributed by atoms with Gasteiger partial charge < -0.3 is 9.72 Å². The number of nitrogens with zero attached hydrogens (tertiary/aromatic N) is 3. The first-order valence-electron chi connectivity index (χ1n) is 9.38. The highest BCUT2D eigenvalue weighted by Crippen LogP contribution is 2.36. The molecule has 1 N–H and O–H groups in total. The summed E-state index contributed by atoms with van der Waals surface area (Å²) in [6.45, 7) is 2.05. The quantitative estimate of drug-likeness (QED) is 0.736. The Balaban J connectivity index is 1.53. The molecule has 1 amide bonds. The molecular formula is C22H22N4O. The van der Waals surface area contributed by atoms with Crippen molar-refractivity contribution in [2.75, 3.05) is 5.32 Å². The van der Waals surface area contributed by atoms with E-state index in [0.717, 1.165) is 36.2 Å². The maximum absolute atomic E-state index is 12.7. The largest absolute Gasteiger partial charge is 0.325 e. The number of aryl methyl sites for hydroxylation is 1. The van der Waals surface area contributed by atoms with Crippen molar-refractivity contribution in [1.82, 2.24) is 9.38 Å². The maximum Gasteiger partial charge on any atom is 0.244 e. The predicted molar refractivity (Wildman–Crippen MR) is 105 cm³/mol. The molecule has 2 aromatic heterocycles. The van der Waals surface area contributed by atoms with Gasteiger partial charge >= 0.3 is 0 Å². The van der Waals surface area contributed by atoms with Crippen LogP contribution in [0.1, 0.15) is 37.7 Å². The molecule has 1 aliphatic carbocycles. The normalized spacial score (nSPS) is 16.0. The van der Waals surface area contributed by atoms with Crippen molar-refractivity contribution in [3.63, 3.8) is 0 Å². The molecule has 0 spiro atoms. The van der Waals surface area contributed by atoms with Crippen LogP contribution in [-0.2, 0) is 4.79 Å². The Morgan fingerprint density at radius 3 is 2.63 bits per heavy atom. The van der Waals surface area contributed by atoms with E-state index in [0.29, 0.717) is 18.5 Å². The lowest BCUT2D eigenvalue weighted by Crippen LogP contribution is -2.36. The lowest BCUT2D eigenvalue weighted by Gasteiger charge is -2.29. The molecule has 1 saturated carbocycles. The van der Waals surface area contributed by atoms with Crippen LogP contribution >= 0.6 is 0 Å². The molecule has 0 aliphatic heterocycles. The molecule has 1 aliphatic rings. The fourth-order valence-corrected chi connectivity index (χ4v) is 3.74. The van der Waals surface area contributed by atoms with Crippen LogP contribution in [0.4, 0.5) is 5.69 Å². The van der Waals surface area contributed by atoms with E-state index >= 15 is 0 Å². The summed E-state index contributed by atoms with van der Waals surface area (Å²) in [4.78, 5) is 17.3. The number of imidazole rings is 1. The first kappa shape index (κ1) is 17.3. The number of fused-ring (bicyclic) bond motifs is 1. The van der Waals surface area contributed by atoms with Gasteiger partial charge in [0.25, 0.3) is 0 Å². The minimum Gasteiger partial charge on any atom is -0.325 e. The number of carbonyl (C=O) groups excluding carboxylic acids is 1. The number of rotatable bonds is 3. The van der Waals surface area contributed by atoms with Crippen LogP contribution in [0.5, 0.6) is 0 Å². The molecule has 4 rings (SSSR count). The van der Waals surface area contributed by atoms with Crippen LogP contribution < -0.4 is 5.32 Å². The van der Waals surface area contributed by atoms with Crippen molar-refractivity contribution >= 4 is 17.2 Å². The molecular weight excluding hydrogens is 336 g/mol. The molecule has 3 aromatic rings. The van der Waals surface area contributed by atoms with Crippen LogP contribution in [0.3, 0.4) is 0 Å². The predicted octanol–water partition coefficient (Wildman–Crippen LogP) is 4.72. The summed E-state index contributed by atoms with van der Waals surface area (Å²) in [6.07, 6.45) is 8.27. The summed E-state index contributed by atoms with van der Waals surface area (Å²) in [7, 11) is 0. The number of amides is 1. The van der Waals surface area contributed by atoms with Gasteiger partial charge in [0, 0.05) is 23.6 Å². The lowest BCUT2D eigenvalue weighted by molar-refractivity contribution is -0.124. The Bertz CT molecular complexity index is 1020. The van der Waals surface area contributed by atoms with E-state index in [1.807, 2.05) is 60.1 Å². The van der Waals surface area contributed by atoms with Gasteiger partial charge in [-0.2, -0.15) is 5.26 Å². The highest BCUT2D eigenvalue weighted by molar-refractivity contribution is 5.97. The lowest BCUT2D eigenvalue weighted by atomic mass is 9.74. The van der Waals surface area contributed by atoms with Crippen molar-refractivity contribution < 1.29 is 4.79 Å². The standard InChI is InChI=1S/C22H22N4O/c1-16-9-12-26-14-19(25-20(26)13-16)17-5-7-18(8-6-17)24-21(27)22(15-23)10-3-2-4-11-22/h5-9,12-14H,2-4,10-11H2,1H3,(H,24,27). The third-order valence-corrected chi connectivity index (χ3v) is 5.41. The summed E-state index contributed by atoms with van der Waals surface area (Å²) in [5.74, 6) is -0.180. The van der Waals surface area contributed by atoms with Gasteiger partial charge in [0.05, 0.1) is 11.8 Å². The molecule has 0 saturated heterocycles. The fraction of sp³-hybridized carbons (Fsp3) is 0.318. The Hall–Kier alpha value is -3.13. The van der Waals surface area contributed by atoms with Crippen molar-refractivity contribution in [1.29, 1.82) is 5.26 Å². The Morgan fingerprint density at radius 2 is 1.93 bits per heavy atom. The molecule has 2 heterocycles. The first-order valence-corrected chi connectivity index (χ1v) is 9.38. The number of carbonyl (C=O) groups is 1. The summed E-state index contributed by atoms with van der Waals surface area (Å²) in [5, 5.41) is 12.5. The zero-order valence-electron chi connectivity index (χ0n) is 15.4. The second kappa shape index (κ2) is 6.88. The second-order valence-corrected chi connectivity index (χ2v) is 7.38. The van der Waals surface area contributed by atoms with Crippen LogP contribution in [0.2, 0.25) is 0 Å². The van der Waals surface area contributed by atoms with Crippen molar-refractivity contribution in [3.8, 4) is 17.3 Å². The third kappa shape index (κ3) is 3.31. The van der Waals surface area contributed by atoms with E-state index < -0.39 is 5.41 Å². The van der Waals surface area contributed by atoms with E-state index in [1.165, 1.54) is 5.56 Å². The summed E-state index contributed by atoms with van der Waals surface area (Å²) in [5.41, 5.74) is 3.79. The van der Waals surface area contributed by atoms with Gasteiger partial charge in [0.15, 0.2) is 0 Å². The van der Waals surface area contributed by atoms with Crippen molar-refractivity contribution in [3.05, 3.63) is 54.4 Å². The van der Waals surface area contributed by atoms with Gasteiger partial charge in [-0.3, -0.25) is 4.79 Å². The molecule has 27 heavy (non-hydrogen) atoms. The smallest absolute Gasteiger partial charge is 0.244 e. The number of nitriles is 1. The van der Waals surface area contributed by atoms with Crippen molar-refractivity contribution in [2.24, 2.45) is 5.41 Å². The molecule has 5 nitrogen and oxygen atoms in total. The first-order chi connectivity index (χ1) is 13.1. The van der Waals surface area contributed by atoms with E-state index in [2.05, 4.69) is 16.4 Å². The molecule has 136 valence electrons. The number of nitrogens with one attached hydrogen (secondary N) is 1. The average molecular weight is 358 g/mol. The number of anilines is 1. The van der Waals surface area contributed by atoms with Crippen LogP contribution in [0.15, 0.2) is 48.8 Å². The summed E-state index contributed by atoms with van der Waals surface area (Å²) >= 11 is 0. The van der Waals surface area contributed by atoms with Gasteiger partial charge in [-0.1, -0.05) is 31.4 Å². The zero-order chi connectivity index (χ0) is 18.9. The minimum atomic E-state index is -0.879. The number of benzene rings is 1. The molecule has 5 heteroatoms. The van der Waals surface area contributed by atoms with E-state index in [-0.39, 0.29) is 5.91 Å². The number of aromatic nitrogens is 2. The Kier molecular flexibility index (Phi) is 4.41. The second-order valence-electron chi connectivity index (χ2n) is 7.38. The summed E-state index contributed by atoms with van der Waals surface area (Å²) < 4.78 is 2.00. The third-order valence-electron chi connectivity index (χ3n) is 5.41. The highest BCUT2D eigenvalue weighted by Gasteiger charge is 2.39. The molecule has 0 atom stereocenters. The minimum absolute atomic E-state index is 0.180. The molecule has 0 unspecified atom stereocenters. The Morgan fingerprint density at radius 1 is 1.19 bits per heavy atom. The summed E-state index contributed by atoms with van der Waals surface area (Å²) in [6, 6.07) is 14.0.